The Bertz CT molecular complexity index is 1620. The lowest BCUT2D eigenvalue weighted by Crippen LogP contribution is -2.33. The van der Waals surface area contributed by atoms with Crippen LogP contribution in [-0.4, -0.2) is 26.2 Å². The Kier molecular flexibility index (Phi) is 5.04. The fraction of sp³-hybridized carbons (Fsp3) is 0.111. The second-order valence-electron chi connectivity index (χ2n) is 8.29. The summed E-state index contributed by atoms with van der Waals surface area (Å²) in [5.41, 5.74) is 2.64. The van der Waals surface area contributed by atoms with E-state index in [4.69, 9.17) is 5.10 Å². The van der Waals surface area contributed by atoms with Crippen molar-refractivity contribution in [3.8, 4) is 0 Å². The third-order valence-electron chi connectivity index (χ3n) is 6.19. The Morgan fingerprint density at radius 2 is 1.76 bits per heavy atom. The molecule has 2 aromatic heterocycles. The van der Waals surface area contributed by atoms with Crippen LogP contribution in [-0.2, 0) is 11.3 Å². The molecule has 0 N–H and O–H groups in total. The van der Waals surface area contributed by atoms with Gasteiger partial charge in [-0.15, -0.1) is 11.3 Å². The zero-order valence-corrected chi connectivity index (χ0v) is 19.0. The molecule has 0 aliphatic carbocycles. The van der Waals surface area contributed by atoms with Gasteiger partial charge in [-0.1, -0.05) is 66.7 Å². The summed E-state index contributed by atoms with van der Waals surface area (Å²) in [6, 6.07) is 25.8. The van der Waals surface area contributed by atoms with Crippen LogP contribution in [0.5, 0.6) is 0 Å². The van der Waals surface area contributed by atoms with E-state index in [1.807, 2.05) is 47.8 Å². The summed E-state index contributed by atoms with van der Waals surface area (Å²) in [6.07, 6.45) is 2.05. The highest BCUT2D eigenvalue weighted by Gasteiger charge is 2.33. The molecule has 1 unspecified atom stereocenters. The Balaban J connectivity index is 1.37. The van der Waals surface area contributed by atoms with Crippen LogP contribution in [0.3, 0.4) is 0 Å². The molecule has 166 valence electrons. The smallest absolute Gasteiger partial charge is 0.263 e. The molecule has 0 bridgehead atoms. The summed E-state index contributed by atoms with van der Waals surface area (Å²) in [6.45, 7) is -0.116. The minimum absolute atomic E-state index is 0.116. The van der Waals surface area contributed by atoms with E-state index in [1.54, 1.807) is 6.07 Å². The van der Waals surface area contributed by atoms with Crippen molar-refractivity contribution in [2.45, 2.75) is 19.0 Å². The first-order chi connectivity index (χ1) is 16.7. The maximum atomic E-state index is 13.4. The Labute approximate surface area is 199 Å². The highest BCUT2D eigenvalue weighted by molar-refractivity contribution is 7.16. The van der Waals surface area contributed by atoms with Crippen LogP contribution in [0.15, 0.2) is 100 Å². The summed E-state index contributed by atoms with van der Waals surface area (Å²) in [7, 11) is 0. The zero-order chi connectivity index (χ0) is 23.1. The molecule has 7 heteroatoms. The Morgan fingerprint density at radius 3 is 2.62 bits per heavy atom. The van der Waals surface area contributed by atoms with Crippen molar-refractivity contribution in [2.75, 3.05) is 0 Å². The third kappa shape index (κ3) is 3.60. The van der Waals surface area contributed by atoms with E-state index in [-0.39, 0.29) is 24.1 Å². The number of nitrogens with zero attached hydrogens (tertiary/aromatic N) is 4. The van der Waals surface area contributed by atoms with Gasteiger partial charge in [-0.25, -0.2) is 9.99 Å². The third-order valence-corrected chi connectivity index (χ3v) is 7.01. The zero-order valence-electron chi connectivity index (χ0n) is 18.2. The number of amides is 1. The first-order valence-electron chi connectivity index (χ1n) is 11.0. The molecule has 0 saturated heterocycles. The second kappa shape index (κ2) is 8.35. The molecule has 34 heavy (non-hydrogen) atoms. The van der Waals surface area contributed by atoms with Crippen LogP contribution in [0.4, 0.5) is 0 Å². The first kappa shape index (κ1) is 20.5. The standard InChI is InChI=1S/C27H20N4O2S/c32-25(16-30-17-28-26-22(27(30)33)12-13-34-26)31-24(19-7-2-1-3-8-19)15-23(29-31)21-11-10-18-6-4-5-9-20(18)14-21/h1-14,17,24H,15-16H2. The van der Waals surface area contributed by atoms with E-state index in [0.717, 1.165) is 27.6 Å². The minimum Gasteiger partial charge on any atom is -0.289 e. The van der Waals surface area contributed by atoms with Gasteiger partial charge in [0, 0.05) is 6.42 Å². The number of carbonyl (C=O) groups is 1. The fourth-order valence-corrected chi connectivity index (χ4v) is 5.17. The van der Waals surface area contributed by atoms with E-state index in [9.17, 15) is 9.59 Å². The number of aromatic nitrogens is 2. The van der Waals surface area contributed by atoms with Crippen LogP contribution in [0.25, 0.3) is 21.0 Å². The largest absolute Gasteiger partial charge is 0.289 e. The highest BCUT2D eigenvalue weighted by Crippen LogP contribution is 2.33. The first-order valence-corrected chi connectivity index (χ1v) is 11.9. The van der Waals surface area contributed by atoms with Gasteiger partial charge in [-0.05, 0) is 39.4 Å². The molecule has 3 aromatic carbocycles. The number of carbonyl (C=O) groups excluding carboxylic acids is 1. The molecule has 1 aliphatic rings. The quantitative estimate of drug-likeness (QED) is 0.376. The van der Waals surface area contributed by atoms with Gasteiger partial charge < -0.3 is 0 Å². The second-order valence-corrected chi connectivity index (χ2v) is 9.19. The van der Waals surface area contributed by atoms with Crippen molar-refractivity contribution < 1.29 is 4.79 Å². The monoisotopic (exact) mass is 464 g/mol. The van der Waals surface area contributed by atoms with Crippen molar-refractivity contribution in [3.05, 3.63) is 112 Å². The maximum absolute atomic E-state index is 13.4. The van der Waals surface area contributed by atoms with Crippen molar-refractivity contribution in [1.29, 1.82) is 0 Å². The van der Waals surface area contributed by atoms with Crippen molar-refractivity contribution >= 4 is 43.9 Å². The molecule has 1 amide bonds. The van der Waals surface area contributed by atoms with Crippen LogP contribution in [0.1, 0.15) is 23.6 Å². The summed E-state index contributed by atoms with van der Waals surface area (Å²) in [5.74, 6) is -0.247. The molecule has 0 fully saturated rings. The van der Waals surface area contributed by atoms with Gasteiger partial charge in [0.15, 0.2) is 0 Å². The average Bonchev–Trinajstić information content (AvgIpc) is 3.54. The van der Waals surface area contributed by atoms with Gasteiger partial charge in [0.1, 0.15) is 11.4 Å². The lowest BCUT2D eigenvalue weighted by atomic mass is 9.97. The number of fused-ring (bicyclic) bond motifs is 2. The molecule has 0 saturated carbocycles. The number of rotatable bonds is 4. The van der Waals surface area contributed by atoms with E-state index in [2.05, 4.69) is 35.3 Å². The molecule has 3 heterocycles. The van der Waals surface area contributed by atoms with Crippen LogP contribution >= 0.6 is 11.3 Å². The van der Waals surface area contributed by atoms with Crippen LogP contribution in [0, 0.1) is 0 Å². The van der Waals surface area contributed by atoms with Gasteiger partial charge in [0.05, 0.1) is 23.5 Å². The number of hydrazone groups is 1. The van der Waals surface area contributed by atoms with Gasteiger partial charge in [0.25, 0.3) is 11.5 Å². The number of thiophene rings is 1. The van der Waals surface area contributed by atoms with E-state index < -0.39 is 0 Å². The lowest BCUT2D eigenvalue weighted by molar-refractivity contribution is -0.133. The number of hydrogen-bond donors (Lipinski definition) is 0. The summed E-state index contributed by atoms with van der Waals surface area (Å²) >= 11 is 1.41. The van der Waals surface area contributed by atoms with E-state index in [0.29, 0.717) is 16.6 Å². The predicted molar refractivity (Wildman–Crippen MR) is 135 cm³/mol. The molecular formula is C27H20N4O2S. The summed E-state index contributed by atoms with van der Waals surface area (Å²) in [5, 5.41) is 10.9. The highest BCUT2D eigenvalue weighted by atomic mass is 32.1. The molecule has 1 atom stereocenters. The molecule has 5 aromatic rings. The van der Waals surface area contributed by atoms with E-state index in [1.165, 1.54) is 27.2 Å². The SMILES string of the molecule is O=C(Cn1cnc2sccc2c1=O)N1N=C(c2ccc3ccccc3c2)CC1c1ccccc1. The normalized spacial score (nSPS) is 15.7. The van der Waals surface area contributed by atoms with Crippen molar-refractivity contribution in [2.24, 2.45) is 5.10 Å². The van der Waals surface area contributed by atoms with Gasteiger partial charge in [-0.3, -0.25) is 14.2 Å². The average molecular weight is 465 g/mol. The molecule has 1 aliphatic heterocycles. The molecule has 6 nitrogen and oxygen atoms in total. The summed E-state index contributed by atoms with van der Waals surface area (Å²) in [4.78, 5) is 31.3. The Morgan fingerprint density at radius 1 is 0.971 bits per heavy atom. The van der Waals surface area contributed by atoms with Crippen molar-refractivity contribution in [1.82, 2.24) is 14.6 Å². The van der Waals surface area contributed by atoms with Crippen LogP contribution < -0.4 is 5.56 Å². The van der Waals surface area contributed by atoms with Crippen LogP contribution in [0.2, 0.25) is 0 Å². The topological polar surface area (TPSA) is 67.6 Å². The van der Waals surface area contributed by atoms with Gasteiger partial charge in [0.2, 0.25) is 0 Å². The number of benzene rings is 3. The molecule has 6 rings (SSSR count). The van der Waals surface area contributed by atoms with Gasteiger partial charge in [-0.2, -0.15) is 5.10 Å². The van der Waals surface area contributed by atoms with Crippen molar-refractivity contribution in [3.63, 3.8) is 0 Å². The predicted octanol–water partition coefficient (Wildman–Crippen LogP) is 4.99. The minimum atomic E-state index is -0.247. The van der Waals surface area contributed by atoms with E-state index >= 15 is 0 Å². The molecule has 0 spiro atoms. The summed E-state index contributed by atoms with van der Waals surface area (Å²) < 4.78 is 1.36. The number of hydrogen-bond acceptors (Lipinski definition) is 5. The molecule has 0 radical (unpaired) electrons. The van der Waals surface area contributed by atoms with Gasteiger partial charge >= 0.3 is 0 Å². The molecular weight excluding hydrogens is 444 g/mol. The Hall–Kier alpha value is -4.10. The fourth-order valence-electron chi connectivity index (χ4n) is 4.44. The maximum Gasteiger partial charge on any atom is 0.263 e. The lowest BCUT2D eigenvalue weighted by Gasteiger charge is -2.22.